The van der Waals surface area contributed by atoms with E-state index in [1.165, 1.54) is 0 Å². The van der Waals surface area contributed by atoms with E-state index in [-0.39, 0.29) is 17.8 Å². The van der Waals surface area contributed by atoms with Crippen LogP contribution in [-0.2, 0) is 15.9 Å². The van der Waals surface area contributed by atoms with Crippen LogP contribution in [0.5, 0.6) is 0 Å². The second-order valence-electron chi connectivity index (χ2n) is 7.18. The van der Waals surface area contributed by atoms with Gasteiger partial charge in [0.15, 0.2) is 5.82 Å². The molecule has 0 aromatic carbocycles. The summed E-state index contributed by atoms with van der Waals surface area (Å²) in [5.74, 6) is 1.65. The molecule has 0 radical (unpaired) electrons. The van der Waals surface area contributed by atoms with E-state index in [0.29, 0.717) is 31.0 Å². The van der Waals surface area contributed by atoms with Crippen molar-refractivity contribution in [1.82, 2.24) is 19.9 Å². The van der Waals surface area contributed by atoms with Gasteiger partial charge in [0.05, 0.1) is 41.6 Å². The van der Waals surface area contributed by atoms with E-state index in [9.17, 15) is 5.11 Å². The molecule has 28 heavy (non-hydrogen) atoms. The largest absolute Gasteiger partial charge is 0.387 e. The summed E-state index contributed by atoms with van der Waals surface area (Å²) in [5.41, 5.74) is 6.28. The molecule has 2 aromatic rings. The van der Waals surface area contributed by atoms with Crippen molar-refractivity contribution in [1.29, 1.82) is 0 Å². The quantitative estimate of drug-likeness (QED) is 0.739. The zero-order valence-electron chi connectivity index (χ0n) is 16.0. The molecule has 2 aliphatic rings. The van der Waals surface area contributed by atoms with Gasteiger partial charge in [0, 0.05) is 44.3 Å². The molecule has 0 amide bonds. The average molecular weight is 404 g/mol. The molecule has 2 aromatic heterocycles. The number of aliphatic hydroxyl groups is 1. The number of rotatable bonds is 5. The normalized spacial score (nSPS) is 21.4. The second kappa shape index (κ2) is 7.78. The van der Waals surface area contributed by atoms with Crippen molar-refractivity contribution in [2.24, 2.45) is 0 Å². The van der Waals surface area contributed by atoms with Crippen LogP contribution < -0.4 is 10.6 Å². The van der Waals surface area contributed by atoms with Crippen LogP contribution in [0.25, 0.3) is 11.4 Å². The molecular weight excluding hydrogens is 380 g/mol. The highest BCUT2D eigenvalue weighted by molar-refractivity contribution is 8.00. The van der Waals surface area contributed by atoms with Crippen molar-refractivity contribution in [2.75, 3.05) is 50.7 Å². The fourth-order valence-corrected chi connectivity index (χ4v) is 4.80. The van der Waals surface area contributed by atoms with Gasteiger partial charge in [0.2, 0.25) is 5.95 Å². The zero-order valence-corrected chi connectivity index (χ0v) is 16.8. The summed E-state index contributed by atoms with van der Waals surface area (Å²) in [5, 5.41) is 10.8. The van der Waals surface area contributed by atoms with Gasteiger partial charge in [-0.3, -0.25) is 0 Å². The molecule has 0 bridgehead atoms. The molecule has 9 nitrogen and oxygen atoms in total. The van der Waals surface area contributed by atoms with Gasteiger partial charge in [-0.2, -0.15) is 0 Å². The second-order valence-corrected chi connectivity index (χ2v) is 8.39. The highest BCUT2D eigenvalue weighted by Gasteiger charge is 2.40. The van der Waals surface area contributed by atoms with Crippen molar-refractivity contribution in [2.45, 2.75) is 29.1 Å². The molecule has 1 fully saturated rings. The van der Waals surface area contributed by atoms with Gasteiger partial charge in [-0.05, 0) is 6.92 Å². The van der Waals surface area contributed by atoms with Crippen LogP contribution in [0.1, 0.15) is 12.6 Å². The average Bonchev–Trinajstić information content (AvgIpc) is 3.14. The minimum absolute atomic E-state index is 0.0607. The summed E-state index contributed by atoms with van der Waals surface area (Å²) < 4.78 is 10.7. The number of methoxy groups -OCH3 is 1. The van der Waals surface area contributed by atoms with E-state index >= 15 is 0 Å². The Labute approximate surface area is 167 Å². The molecule has 1 saturated heterocycles. The number of nitrogens with two attached hydrogens (primary N) is 1. The Morgan fingerprint density at radius 2 is 2.04 bits per heavy atom. The van der Waals surface area contributed by atoms with Gasteiger partial charge in [-0.15, -0.1) is 11.8 Å². The number of nitrogen functional groups attached to an aromatic ring is 1. The van der Waals surface area contributed by atoms with E-state index in [0.717, 1.165) is 29.5 Å². The third-order valence-electron chi connectivity index (χ3n) is 4.93. The lowest BCUT2D eigenvalue weighted by atomic mass is 9.99. The third-order valence-corrected chi connectivity index (χ3v) is 6.54. The number of thioether (sulfide) groups is 1. The first-order valence-corrected chi connectivity index (χ1v) is 10.1. The number of nitrogens with zero attached hydrogens (tertiary/aromatic N) is 5. The lowest BCUT2D eigenvalue weighted by molar-refractivity contribution is -0.0172. The van der Waals surface area contributed by atoms with E-state index < -0.39 is 5.60 Å². The van der Waals surface area contributed by atoms with Gasteiger partial charge in [0.25, 0.3) is 0 Å². The molecule has 0 aliphatic carbocycles. The molecule has 4 rings (SSSR count). The first-order valence-electron chi connectivity index (χ1n) is 9.17. The summed E-state index contributed by atoms with van der Waals surface area (Å²) in [6.45, 7) is 4.92. The van der Waals surface area contributed by atoms with Crippen LogP contribution in [0.2, 0.25) is 0 Å². The molecule has 4 heterocycles. The highest BCUT2D eigenvalue weighted by Crippen LogP contribution is 2.46. The molecule has 2 unspecified atom stereocenters. The van der Waals surface area contributed by atoms with E-state index in [2.05, 4.69) is 14.9 Å². The Morgan fingerprint density at radius 1 is 1.32 bits per heavy atom. The Balaban J connectivity index is 1.74. The highest BCUT2D eigenvalue weighted by atomic mass is 32.2. The Bertz CT molecular complexity index is 842. The predicted octanol–water partition coefficient (Wildman–Crippen LogP) is 0.767. The minimum Gasteiger partial charge on any atom is -0.387 e. The SMILES string of the molecule is COCC(C)(O)C1Cc2nc(-c3cnc(N)nc3)nc(N3CCOCC3)c2S1. The van der Waals surface area contributed by atoms with Crippen LogP contribution in [0.3, 0.4) is 0 Å². The Hall–Kier alpha value is -2.01. The molecule has 2 atom stereocenters. The molecule has 150 valence electrons. The van der Waals surface area contributed by atoms with Crippen LogP contribution in [0.15, 0.2) is 17.3 Å². The number of aromatic nitrogens is 4. The maximum Gasteiger partial charge on any atom is 0.219 e. The molecule has 0 spiro atoms. The molecule has 10 heteroatoms. The fourth-order valence-electron chi connectivity index (χ4n) is 3.41. The first kappa shape index (κ1) is 19.3. The smallest absolute Gasteiger partial charge is 0.219 e. The topological polar surface area (TPSA) is 120 Å². The molecule has 0 saturated carbocycles. The summed E-state index contributed by atoms with van der Waals surface area (Å²) >= 11 is 1.62. The lowest BCUT2D eigenvalue weighted by Crippen LogP contribution is -2.41. The van der Waals surface area contributed by atoms with Gasteiger partial charge >= 0.3 is 0 Å². The van der Waals surface area contributed by atoms with Crippen molar-refractivity contribution < 1.29 is 14.6 Å². The fraction of sp³-hybridized carbons (Fsp3) is 0.556. The number of morpholine rings is 1. The van der Waals surface area contributed by atoms with E-state index in [4.69, 9.17) is 25.2 Å². The number of hydrogen-bond acceptors (Lipinski definition) is 10. The first-order chi connectivity index (χ1) is 13.5. The maximum absolute atomic E-state index is 10.8. The van der Waals surface area contributed by atoms with Crippen molar-refractivity contribution in [3.63, 3.8) is 0 Å². The predicted molar refractivity (Wildman–Crippen MR) is 106 cm³/mol. The van der Waals surface area contributed by atoms with E-state index in [1.54, 1.807) is 38.2 Å². The molecular formula is C18H24N6O3S. The minimum atomic E-state index is -0.965. The summed E-state index contributed by atoms with van der Waals surface area (Å²) in [6, 6.07) is 0. The lowest BCUT2D eigenvalue weighted by Gasteiger charge is -2.30. The number of hydrogen-bond donors (Lipinski definition) is 2. The Morgan fingerprint density at radius 3 is 2.71 bits per heavy atom. The third kappa shape index (κ3) is 3.77. The van der Waals surface area contributed by atoms with Gasteiger partial charge in [-0.1, -0.05) is 0 Å². The number of ether oxygens (including phenoxy) is 2. The van der Waals surface area contributed by atoms with Crippen LogP contribution in [0, 0.1) is 0 Å². The Kier molecular flexibility index (Phi) is 5.37. The molecule has 2 aliphatic heterocycles. The van der Waals surface area contributed by atoms with Crippen molar-refractivity contribution in [3.05, 3.63) is 18.1 Å². The van der Waals surface area contributed by atoms with Crippen molar-refractivity contribution in [3.8, 4) is 11.4 Å². The van der Waals surface area contributed by atoms with Gasteiger partial charge < -0.3 is 25.2 Å². The molecule has 3 N–H and O–H groups in total. The van der Waals surface area contributed by atoms with Crippen LogP contribution in [-0.4, -0.2) is 75.9 Å². The standard InChI is InChI=1S/C18H24N6O3S/c1-18(25,10-26-2)13-7-12-14(28-13)16(24-3-5-27-6-4-24)23-15(22-12)11-8-20-17(19)21-9-11/h8-9,13,25H,3-7,10H2,1-2H3,(H2,19,20,21). The van der Waals surface area contributed by atoms with E-state index in [1.807, 2.05) is 0 Å². The van der Waals surface area contributed by atoms with Gasteiger partial charge in [-0.25, -0.2) is 19.9 Å². The zero-order chi connectivity index (χ0) is 19.7. The monoisotopic (exact) mass is 404 g/mol. The van der Waals surface area contributed by atoms with Crippen LogP contribution in [0.4, 0.5) is 11.8 Å². The number of fused-ring (bicyclic) bond motifs is 1. The maximum atomic E-state index is 10.8. The summed E-state index contributed by atoms with van der Waals surface area (Å²) in [7, 11) is 1.60. The van der Waals surface area contributed by atoms with Crippen LogP contribution >= 0.6 is 11.8 Å². The summed E-state index contributed by atoms with van der Waals surface area (Å²) in [6.07, 6.45) is 3.90. The number of anilines is 2. The van der Waals surface area contributed by atoms with Gasteiger partial charge in [0.1, 0.15) is 5.82 Å². The van der Waals surface area contributed by atoms with Crippen molar-refractivity contribution >= 4 is 23.5 Å². The summed E-state index contributed by atoms with van der Waals surface area (Å²) in [4.78, 5) is 21.0.